The first kappa shape index (κ1) is 43.0. The van der Waals surface area contributed by atoms with Gasteiger partial charge in [0.15, 0.2) is 0 Å². The van der Waals surface area contributed by atoms with Crippen LogP contribution in [0.2, 0.25) is 0 Å². The van der Waals surface area contributed by atoms with E-state index >= 15 is 0 Å². The van der Waals surface area contributed by atoms with E-state index in [2.05, 4.69) is 207 Å². The van der Waals surface area contributed by atoms with Crippen molar-refractivity contribution < 1.29 is 6.48 Å². The van der Waals surface area contributed by atoms with Crippen LogP contribution in [0.5, 0.6) is 5.75 Å². The fourth-order valence-corrected chi connectivity index (χ4v) is 8.71. The number of fused-ring (bicyclic) bond motifs is 1. The van der Waals surface area contributed by atoms with E-state index in [1.807, 2.05) is 20.0 Å². The van der Waals surface area contributed by atoms with Gasteiger partial charge in [-0.3, -0.25) is 9.55 Å². The summed E-state index contributed by atoms with van der Waals surface area (Å²) in [6.45, 7) is 26.2. The minimum absolute atomic E-state index is 0.0285. The van der Waals surface area contributed by atoms with Gasteiger partial charge < -0.3 is 5.11 Å². The zero-order valence-corrected chi connectivity index (χ0v) is 39.9. The van der Waals surface area contributed by atoms with Crippen LogP contribution in [0.1, 0.15) is 136 Å². The molecule has 0 radical (unpaired) electrons. The Labute approximate surface area is 383 Å². The summed E-state index contributed by atoms with van der Waals surface area (Å²) < 4.78 is 10.8. The number of nitrogens with zero attached hydrogens (tertiary/aromatic N) is 3. The molecule has 64 heavy (non-hydrogen) atoms. The normalized spacial score (nSPS) is 12.7. The Morgan fingerprint density at radius 2 is 1.31 bits per heavy atom. The lowest BCUT2D eigenvalue weighted by Gasteiger charge is -2.26. The molecule has 4 nitrogen and oxygen atoms in total. The van der Waals surface area contributed by atoms with Gasteiger partial charge in [0.2, 0.25) is 0 Å². The molecule has 0 aliphatic rings. The zero-order valence-electron chi connectivity index (χ0n) is 40.9. The summed E-state index contributed by atoms with van der Waals surface area (Å²) in [4.78, 5) is 10.6. The highest BCUT2D eigenvalue weighted by Crippen LogP contribution is 2.45. The molecule has 0 saturated carbocycles. The molecule has 1 N–H and O–H groups in total. The Kier molecular flexibility index (Phi) is 11.7. The molecular weight excluding hydrogens is 779 g/mol. The molecule has 4 heteroatoms. The number of pyridine rings is 1. The molecule has 8 rings (SSSR count). The highest BCUT2D eigenvalue weighted by atomic mass is 16.3. The van der Waals surface area contributed by atoms with Crippen molar-refractivity contribution in [1.29, 1.82) is 0 Å². The summed E-state index contributed by atoms with van der Waals surface area (Å²) in [6.07, 6.45) is 2.90. The molecule has 6 aromatic carbocycles. The van der Waals surface area contributed by atoms with Gasteiger partial charge in [0.05, 0.1) is 28.0 Å². The predicted octanol–water partition coefficient (Wildman–Crippen LogP) is 16.8. The first-order valence-corrected chi connectivity index (χ1v) is 23.1. The summed E-state index contributed by atoms with van der Waals surface area (Å²) >= 11 is 0. The summed E-state index contributed by atoms with van der Waals surface area (Å²) in [7, 11) is 0. The fraction of sp³-hybridized carbons (Fsp3) is 0.300. The van der Waals surface area contributed by atoms with Crippen LogP contribution in [0.15, 0.2) is 140 Å². The van der Waals surface area contributed by atoms with E-state index < -0.39 is 5.89 Å². The monoisotopic (exact) mass is 845 g/mol. The van der Waals surface area contributed by atoms with Gasteiger partial charge in [0.1, 0.15) is 11.6 Å². The van der Waals surface area contributed by atoms with Crippen LogP contribution in [0, 0.1) is 0 Å². The van der Waals surface area contributed by atoms with Crippen LogP contribution in [-0.4, -0.2) is 19.6 Å². The molecule has 0 atom stereocenters. The third-order valence-electron chi connectivity index (χ3n) is 13.3. The van der Waals surface area contributed by atoms with Crippen molar-refractivity contribution in [1.82, 2.24) is 14.5 Å². The van der Waals surface area contributed by atoms with Gasteiger partial charge in [-0.15, -0.1) is 0 Å². The lowest BCUT2D eigenvalue weighted by atomic mass is 9.81. The molecule has 8 aromatic rings. The topological polar surface area (TPSA) is 50.9 Å². The summed E-state index contributed by atoms with van der Waals surface area (Å²) in [6, 6.07) is 47.8. The minimum Gasteiger partial charge on any atom is -0.507 e. The average molecular weight is 845 g/mol. The van der Waals surface area contributed by atoms with Gasteiger partial charge >= 0.3 is 0 Å². The number of phenols is 1. The SMILES string of the molecule is [2H]C(C)(C)c1ccc(-c2ccnc(-c3cc(-c4cccc5c4nc(-c4cc(C(C)C)cc(C(C)C)c4O)n5-c4ccc(C(C)(C)CC)cc4-c4ccccc4)cc(C(C)(C)C)c3)c2)cc1. The molecule has 0 unspecified atom stereocenters. The van der Waals surface area contributed by atoms with E-state index in [4.69, 9.17) is 11.3 Å². The van der Waals surface area contributed by atoms with E-state index in [0.29, 0.717) is 5.82 Å². The van der Waals surface area contributed by atoms with E-state index in [1.54, 1.807) is 0 Å². The molecule has 326 valence electrons. The standard InChI is InChI=1S/C60H65N3O/c1-13-60(11,12)47-26-27-54(51(36-47)42-18-15-14-16-19-42)63-55-21-17-20-49(56(55)62-58(63)52-34-44(38(4)5)33-50(39(6)7)57(52)64)45-30-46(32-48(31-45)59(8,9)10)53-35-43(28-29-61-53)41-24-22-40(23-25-41)37(2)3/h14-39,64H,13H2,1-12H3/i37D. The smallest absolute Gasteiger partial charge is 0.149 e. The summed E-state index contributed by atoms with van der Waals surface area (Å²) in [5.41, 5.74) is 17.3. The fourth-order valence-electron chi connectivity index (χ4n) is 8.71. The number of phenolic OH excluding ortho intramolecular Hbond substituents is 1. The van der Waals surface area contributed by atoms with E-state index in [-0.39, 0.29) is 28.4 Å². The molecule has 0 amide bonds. The quantitative estimate of drug-likeness (QED) is 0.141. The maximum absolute atomic E-state index is 12.3. The van der Waals surface area contributed by atoms with Crippen LogP contribution in [0.4, 0.5) is 0 Å². The number of rotatable bonds is 11. The van der Waals surface area contributed by atoms with Crippen LogP contribution in [-0.2, 0) is 10.8 Å². The van der Waals surface area contributed by atoms with E-state index in [9.17, 15) is 5.11 Å². The Hall–Kier alpha value is -6.26. The molecule has 0 spiro atoms. The number of imidazole rings is 1. The molecule has 0 bridgehead atoms. The molecule has 2 aromatic heterocycles. The van der Waals surface area contributed by atoms with E-state index in [0.717, 1.165) is 90.0 Å². The highest BCUT2D eigenvalue weighted by Gasteiger charge is 2.27. The predicted molar refractivity (Wildman–Crippen MR) is 272 cm³/mol. The summed E-state index contributed by atoms with van der Waals surface area (Å²) in [5.74, 6) is 0.665. The first-order chi connectivity index (χ1) is 30.7. The lowest BCUT2D eigenvalue weighted by molar-refractivity contribution is 0.466. The highest BCUT2D eigenvalue weighted by molar-refractivity contribution is 5.98. The second-order valence-corrected chi connectivity index (χ2v) is 20.2. The number of benzene rings is 6. The average Bonchev–Trinajstić information content (AvgIpc) is 3.67. The van der Waals surface area contributed by atoms with Crippen molar-refractivity contribution in [3.8, 4) is 67.5 Å². The minimum atomic E-state index is -0.665. The van der Waals surface area contributed by atoms with Crippen molar-refractivity contribution in [3.63, 3.8) is 0 Å². The zero-order chi connectivity index (χ0) is 46.6. The number of hydrogen-bond donors (Lipinski definition) is 1. The van der Waals surface area contributed by atoms with Crippen LogP contribution in [0.25, 0.3) is 72.7 Å². The third-order valence-corrected chi connectivity index (χ3v) is 13.3. The number of hydrogen-bond acceptors (Lipinski definition) is 3. The number of aromatic nitrogens is 3. The van der Waals surface area contributed by atoms with Crippen LogP contribution in [0.3, 0.4) is 0 Å². The summed E-state index contributed by atoms with van der Waals surface area (Å²) in [5, 5.41) is 12.3. The molecular formula is C60H65N3O. The van der Waals surface area contributed by atoms with Crippen molar-refractivity contribution in [2.24, 2.45) is 0 Å². The van der Waals surface area contributed by atoms with Gasteiger partial charge in [0, 0.05) is 24.3 Å². The number of aromatic hydroxyl groups is 1. The third kappa shape index (κ3) is 8.55. The first-order valence-electron chi connectivity index (χ1n) is 23.6. The van der Waals surface area contributed by atoms with Gasteiger partial charge in [-0.2, -0.15) is 0 Å². The lowest BCUT2D eigenvalue weighted by Crippen LogP contribution is -2.16. The van der Waals surface area contributed by atoms with Crippen molar-refractivity contribution >= 4 is 11.0 Å². The maximum Gasteiger partial charge on any atom is 0.149 e. The molecule has 0 saturated heterocycles. The second-order valence-electron chi connectivity index (χ2n) is 20.2. The molecule has 0 aliphatic carbocycles. The Morgan fingerprint density at radius 3 is 1.97 bits per heavy atom. The van der Waals surface area contributed by atoms with Gasteiger partial charge in [-0.05, 0) is 134 Å². The molecule has 2 heterocycles. The maximum atomic E-state index is 12.3. The molecule has 0 fully saturated rings. The Morgan fingerprint density at radius 1 is 0.594 bits per heavy atom. The van der Waals surface area contributed by atoms with Crippen LogP contribution >= 0.6 is 0 Å². The van der Waals surface area contributed by atoms with E-state index in [1.165, 1.54) is 11.1 Å². The Bertz CT molecular complexity index is 3010. The Balaban J connectivity index is 1.41. The molecule has 0 aliphatic heterocycles. The van der Waals surface area contributed by atoms with Crippen LogP contribution < -0.4 is 0 Å². The second kappa shape index (κ2) is 17.4. The number of para-hydroxylation sites is 1. The largest absolute Gasteiger partial charge is 0.507 e. The van der Waals surface area contributed by atoms with Crippen molar-refractivity contribution in [2.75, 3.05) is 0 Å². The van der Waals surface area contributed by atoms with Crippen molar-refractivity contribution in [2.45, 2.75) is 118 Å². The van der Waals surface area contributed by atoms with Crippen molar-refractivity contribution in [3.05, 3.63) is 167 Å². The van der Waals surface area contributed by atoms with Gasteiger partial charge in [-0.1, -0.05) is 168 Å². The van der Waals surface area contributed by atoms with Gasteiger partial charge in [0.25, 0.3) is 0 Å². The van der Waals surface area contributed by atoms with Gasteiger partial charge in [-0.25, -0.2) is 4.98 Å².